The first kappa shape index (κ1) is 15.0. The molecule has 22 heavy (non-hydrogen) atoms. The molecule has 2 atom stereocenters. The number of nitrogens with zero attached hydrogens (tertiary/aromatic N) is 3. The number of aliphatic hydroxyl groups excluding tert-OH is 1. The molecule has 1 aromatic heterocycles. The maximum Gasteiger partial charge on any atom is 0.255 e. The van der Waals surface area contributed by atoms with Crippen LogP contribution >= 0.6 is 11.6 Å². The summed E-state index contributed by atoms with van der Waals surface area (Å²) in [6.45, 7) is 0.688. The molecular weight excluding hydrogens is 304 g/mol. The lowest BCUT2D eigenvalue weighted by molar-refractivity contribution is 0.0424. The number of carbonyl (C=O) groups excluding carboxylic acids is 1. The van der Waals surface area contributed by atoms with Gasteiger partial charge in [0.05, 0.1) is 22.4 Å². The number of aliphatic hydroxyl groups is 1. The van der Waals surface area contributed by atoms with Crippen molar-refractivity contribution in [1.82, 2.24) is 14.7 Å². The van der Waals surface area contributed by atoms with Crippen LogP contribution in [0.15, 0.2) is 36.7 Å². The molecule has 1 amide bonds. The lowest BCUT2D eigenvalue weighted by atomic mass is 10.0. The third-order valence-corrected chi connectivity index (χ3v) is 4.03. The van der Waals surface area contributed by atoms with E-state index in [4.69, 9.17) is 17.3 Å². The molecule has 6 nitrogen and oxygen atoms in total. The van der Waals surface area contributed by atoms with Crippen LogP contribution in [-0.4, -0.2) is 50.9 Å². The Kier molecular flexibility index (Phi) is 4.15. The fraction of sp³-hybridized carbons (Fsp3) is 0.333. The topological polar surface area (TPSA) is 84.4 Å². The van der Waals surface area contributed by atoms with E-state index >= 15 is 0 Å². The number of nitrogens with two attached hydrogens (primary N) is 1. The van der Waals surface area contributed by atoms with Gasteiger partial charge in [0.2, 0.25) is 0 Å². The Morgan fingerprint density at radius 2 is 2.23 bits per heavy atom. The fourth-order valence-corrected chi connectivity index (χ4v) is 2.89. The van der Waals surface area contributed by atoms with Crippen molar-refractivity contribution < 1.29 is 9.90 Å². The van der Waals surface area contributed by atoms with E-state index in [0.717, 1.165) is 5.69 Å². The zero-order valence-electron chi connectivity index (χ0n) is 11.9. The summed E-state index contributed by atoms with van der Waals surface area (Å²) >= 11 is 6.17. The van der Waals surface area contributed by atoms with Crippen molar-refractivity contribution in [1.29, 1.82) is 0 Å². The van der Waals surface area contributed by atoms with Gasteiger partial charge in [-0.05, 0) is 30.7 Å². The maximum absolute atomic E-state index is 12.7. The molecule has 0 bridgehead atoms. The number of likely N-dealkylation sites (tertiary alicyclic amines) is 1. The van der Waals surface area contributed by atoms with Crippen molar-refractivity contribution in [3.8, 4) is 5.69 Å². The van der Waals surface area contributed by atoms with Crippen LogP contribution in [0, 0.1) is 0 Å². The van der Waals surface area contributed by atoms with Crippen molar-refractivity contribution in [2.24, 2.45) is 5.73 Å². The van der Waals surface area contributed by atoms with E-state index in [9.17, 15) is 9.90 Å². The number of rotatable bonds is 2. The molecule has 1 aliphatic heterocycles. The Balaban J connectivity index is 1.90. The first-order valence-electron chi connectivity index (χ1n) is 7.07. The second kappa shape index (κ2) is 6.08. The summed E-state index contributed by atoms with van der Waals surface area (Å²) in [4.78, 5) is 14.2. The smallest absolute Gasteiger partial charge is 0.255 e. The number of halogens is 1. The van der Waals surface area contributed by atoms with Gasteiger partial charge in [0.1, 0.15) is 0 Å². The van der Waals surface area contributed by atoms with Gasteiger partial charge in [0.15, 0.2) is 0 Å². The molecule has 3 N–H and O–H groups in total. The molecule has 1 aliphatic rings. The monoisotopic (exact) mass is 320 g/mol. The van der Waals surface area contributed by atoms with Crippen LogP contribution < -0.4 is 5.73 Å². The first-order chi connectivity index (χ1) is 10.5. The van der Waals surface area contributed by atoms with Crippen LogP contribution in [-0.2, 0) is 0 Å². The van der Waals surface area contributed by atoms with Gasteiger partial charge in [-0.15, -0.1) is 0 Å². The number of carbonyl (C=O) groups is 1. The van der Waals surface area contributed by atoms with Gasteiger partial charge in [0, 0.05) is 31.5 Å². The number of benzene rings is 1. The van der Waals surface area contributed by atoms with Gasteiger partial charge in [0.25, 0.3) is 5.91 Å². The predicted octanol–water partition coefficient (Wildman–Crippen LogP) is 1.06. The van der Waals surface area contributed by atoms with E-state index in [-0.39, 0.29) is 18.5 Å². The highest BCUT2D eigenvalue weighted by Gasteiger charge is 2.28. The van der Waals surface area contributed by atoms with Crippen LogP contribution in [0.5, 0.6) is 0 Å². The van der Waals surface area contributed by atoms with Gasteiger partial charge in [-0.25, -0.2) is 4.68 Å². The summed E-state index contributed by atoms with van der Waals surface area (Å²) in [7, 11) is 0. The van der Waals surface area contributed by atoms with Crippen LogP contribution in [0.1, 0.15) is 16.8 Å². The third kappa shape index (κ3) is 2.99. The second-order valence-corrected chi connectivity index (χ2v) is 5.88. The van der Waals surface area contributed by atoms with E-state index in [1.165, 1.54) is 0 Å². The normalized spacial score (nSPS) is 21.9. The van der Waals surface area contributed by atoms with Crippen LogP contribution in [0.4, 0.5) is 0 Å². The lowest BCUT2D eigenvalue weighted by Crippen LogP contribution is -2.51. The molecule has 1 aromatic carbocycles. The van der Waals surface area contributed by atoms with E-state index in [0.29, 0.717) is 23.6 Å². The first-order valence-corrected chi connectivity index (χ1v) is 7.45. The van der Waals surface area contributed by atoms with Crippen molar-refractivity contribution in [3.63, 3.8) is 0 Å². The summed E-state index contributed by atoms with van der Waals surface area (Å²) in [6.07, 6.45) is 3.36. The number of hydrogen-bond acceptors (Lipinski definition) is 4. The Hall–Kier alpha value is -1.89. The van der Waals surface area contributed by atoms with Crippen molar-refractivity contribution >= 4 is 17.5 Å². The minimum atomic E-state index is -0.597. The van der Waals surface area contributed by atoms with E-state index in [2.05, 4.69) is 5.10 Å². The zero-order chi connectivity index (χ0) is 15.7. The average Bonchev–Trinajstić information content (AvgIpc) is 3.00. The van der Waals surface area contributed by atoms with Gasteiger partial charge in [-0.3, -0.25) is 4.79 Å². The van der Waals surface area contributed by atoms with Gasteiger partial charge >= 0.3 is 0 Å². The third-order valence-electron chi connectivity index (χ3n) is 3.70. The summed E-state index contributed by atoms with van der Waals surface area (Å²) in [5, 5.41) is 14.3. The van der Waals surface area contributed by atoms with Crippen molar-refractivity contribution in [2.75, 3.05) is 13.1 Å². The molecule has 7 heteroatoms. The molecule has 1 saturated heterocycles. The second-order valence-electron chi connectivity index (χ2n) is 5.47. The van der Waals surface area contributed by atoms with E-state index in [1.807, 2.05) is 0 Å². The molecule has 0 aliphatic carbocycles. The SMILES string of the molecule is N[C@H]1C[C@@H](O)CN(C(=O)c2cc(-n3cccn3)ccc2Cl)C1. The van der Waals surface area contributed by atoms with Crippen LogP contribution in [0.3, 0.4) is 0 Å². The average molecular weight is 321 g/mol. The Morgan fingerprint density at radius 3 is 2.91 bits per heavy atom. The number of hydrogen-bond donors (Lipinski definition) is 2. The number of piperidine rings is 1. The molecule has 1 fully saturated rings. The standard InChI is InChI=1S/C15H17ClN4O2/c16-14-3-2-11(20-5-1-4-18-20)7-13(14)15(22)19-8-10(17)6-12(21)9-19/h1-5,7,10,12,21H,6,8-9,17H2/t10-,12+/m0/s1. The molecule has 2 aromatic rings. The summed E-state index contributed by atoms with van der Waals surface area (Å²) in [6, 6.07) is 6.75. The number of aromatic nitrogens is 2. The lowest BCUT2D eigenvalue weighted by Gasteiger charge is -2.34. The van der Waals surface area contributed by atoms with Gasteiger partial charge in [-0.1, -0.05) is 11.6 Å². The van der Waals surface area contributed by atoms with Crippen LogP contribution in [0.2, 0.25) is 5.02 Å². The fourth-order valence-electron chi connectivity index (χ4n) is 2.69. The molecule has 0 spiro atoms. The summed E-state index contributed by atoms with van der Waals surface area (Å²) < 4.78 is 1.66. The molecule has 0 saturated carbocycles. The quantitative estimate of drug-likeness (QED) is 0.866. The minimum Gasteiger partial charge on any atom is -0.391 e. The van der Waals surface area contributed by atoms with Crippen molar-refractivity contribution in [3.05, 3.63) is 47.2 Å². The van der Waals surface area contributed by atoms with Gasteiger partial charge < -0.3 is 15.7 Å². The molecule has 3 rings (SSSR count). The van der Waals surface area contributed by atoms with E-state index < -0.39 is 6.10 Å². The Labute approximate surface area is 133 Å². The number of β-amino-alcohol motifs (C(OH)–C–C–N with tert-alkyl or cyclic N) is 1. The number of amides is 1. The van der Waals surface area contributed by atoms with Gasteiger partial charge in [-0.2, -0.15) is 5.10 Å². The Morgan fingerprint density at radius 1 is 1.41 bits per heavy atom. The largest absolute Gasteiger partial charge is 0.391 e. The highest BCUT2D eigenvalue weighted by atomic mass is 35.5. The molecule has 2 heterocycles. The summed E-state index contributed by atoms with van der Waals surface area (Å²) in [5.74, 6) is -0.229. The highest BCUT2D eigenvalue weighted by Crippen LogP contribution is 2.23. The highest BCUT2D eigenvalue weighted by molar-refractivity contribution is 6.33. The predicted molar refractivity (Wildman–Crippen MR) is 83.1 cm³/mol. The maximum atomic E-state index is 12.7. The molecule has 116 valence electrons. The van der Waals surface area contributed by atoms with Crippen molar-refractivity contribution in [2.45, 2.75) is 18.6 Å². The Bertz CT molecular complexity index is 664. The van der Waals surface area contributed by atoms with E-state index in [1.54, 1.807) is 46.2 Å². The molecule has 0 radical (unpaired) electrons. The zero-order valence-corrected chi connectivity index (χ0v) is 12.6. The minimum absolute atomic E-state index is 0.222. The summed E-state index contributed by atoms with van der Waals surface area (Å²) in [5.41, 5.74) is 7.01. The van der Waals surface area contributed by atoms with Crippen LogP contribution in [0.25, 0.3) is 5.69 Å². The molecular formula is C15H17ClN4O2. The molecule has 0 unspecified atom stereocenters.